The lowest BCUT2D eigenvalue weighted by Gasteiger charge is -2.04. The minimum Gasteiger partial charge on any atom is -0.384 e. The van der Waals surface area contributed by atoms with Gasteiger partial charge in [0.05, 0.1) is 6.61 Å². The van der Waals surface area contributed by atoms with Crippen molar-refractivity contribution in [3.05, 3.63) is 35.4 Å². The van der Waals surface area contributed by atoms with Gasteiger partial charge in [0.1, 0.15) is 11.6 Å². The van der Waals surface area contributed by atoms with Gasteiger partial charge < -0.3 is 10.1 Å². The van der Waals surface area contributed by atoms with Crippen LogP contribution in [0, 0.1) is 5.82 Å². The van der Waals surface area contributed by atoms with Crippen LogP contribution < -0.4 is 5.32 Å². The monoisotopic (exact) mass is 281 g/mol. The highest BCUT2D eigenvalue weighted by Crippen LogP contribution is 2.21. The van der Waals surface area contributed by atoms with Gasteiger partial charge in [0.25, 0.3) is 0 Å². The van der Waals surface area contributed by atoms with Crippen LogP contribution in [-0.2, 0) is 17.6 Å². The molecule has 0 saturated heterocycles. The maximum absolute atomic E-state index is 13.6. The molecule has 1 N–H and O–H groups in total. The summed E-state index contributed by atoms with van der Waals surface area (Å²) in [7, 11) is 1.64. The summed E-state index contributed by atoms with van der Waals surface area (Å²) in [5, 5.41) is 3.72. The summed E-state index contributed by atoms with van der Waals surface area (Å²) in [6.07, 6.45) is 1.36. The lowest BCUT2D eigenvalue weighted by molar-refractivity contribution is 0.201. The fourth-order valence-electron chi connectivity index (χ4n) is 1.63. The predicted octanol–water partition coefficient (Wildman–Crippen LogP) is 3.17. The largest absolute Gasteiger partial charge is 0.384 e. The van der Waals surface area contributed by atoms with E-state index in [0.717, 1.165) is 5.82 Å². The van der Waals surface area contributed by atoms with Gasteiger partial charge in [0, 0.05) is 30.8 Å². The van der Waals surface area contributed by atoms with Crippen LogP contribution >= 0.6 is 11.5 Å². The Bertz CT molecular complexity index is 544. The van der Waals surface area contributed by atoms with Crippen LogP contribution in [0.2, 0.25) is 0 Å². The zero-order chi connectivity index (χ0) is 13.7. The number of aryl methyl sites for hydroxylation is 1. The number of ether oxygens (including phenoxy) is 1. The van der Waals surface area contributed by atoms with E-state index in [0.29, 0.717) is 35.8 Å². The molecule has 102 valence electrons. The number of rotatable bonds is 6. The molecule has 0 radical (unpaired) electrons. The molecule has 0 spiro atoms. The zero-order valence-corrected chi connectivity index (χ0v) is 11.8. The summed E-state index contributed by atoms with van der Waals surface area (Å²) >= 11 is 1.26. The minimum absolute atomic E-state index is 0.198. The normalized spacial score (nSPS) is 10.7. The molecule has 0 unspecified atom stereocenters. The standard InChI is InChI=1S/C13H16FN3OS/c1-3-9-4-5-10(8-11(9)14)15-13-16-12(17-19-13)6-7-18-2/h4-5,8H,3,6-7H2,1-2H3,(H,15,16,17). The number of hydrogen-bond donors (Lipinski definition) is 1. The summed E-state index contributed by atoms with van der Waals surface area (Å²) in [5.74, 6) is 0.539. The molecule has 1 aromatic carbocycles. The van der Waals surface area contributed by atoms with E-state index < -0.39 is 0 Å². The Morgan fingerprint density at radius 1 is 1.42 bits per heavy atom. The molecule has 2 rings (SSSR count). The number of nitrogens with one attached hydrogen (secondary N) is 1. The summed E-state index contributed by atoms with van der Waals surface area (Å²) < 4.78 is 22.8. The van der Waals surface area contributed by atoms with Crippen LogP contribution in [0.5, 0.6) is 0 Å². The van der Waals surface area contributed by atoms with Gasteiger partial charge in [-0.25, -0.2) is 9.37 Å². The van der Waals surface area contributed by atoms with Crippen LogP contribution in [0.25, 0.3) is 0 Å². The van der Waals surface area contributed by atoms with Gasteiger partial charge in [-0.1, -0.05) is 13.0 Å². The fraction of sp³-hybridized carbons (Fsp3) is 0.385. The number of aromatic nitrogens is 2. The van der Waals surface area contributed by atoms with Crippen molar-refractivity contribution in [3.8, 4) is 0 Å². The molecule has 19 heavy (non-hydrogen) atoms. The summed E-state index contributed by atoms with van der Waals surface area (Å²) in [6.45, 7) is 2.52. The molecule has 1 aromatic heterocycles. The first-order valence-electron chi connectivity index (χ1n) is 6.10. The van der Waals surface area contributed by atoms with Gasteiger partial charge in [0.15, 0.2) is 0 Å². The maximum Gasteiger partial charge on any atom is 0.207 e. The summed E-state index contributed by atoms with van der Waals surface area (Å²) in [6, 6.07) is 5.11. The number of anilines is 2. The average Bonchev–Trinajstić information content (AvgIpc) is 2.84. The highest BCUT2D eigenvalue weighted by molar-refractivity contribution is 7.09. The third kappa shape index (κ3) is 3.71. The second-order valence-electron chi connectivity index (χ2n) is 4.04. The van der Waals surface area contributed by atoms with Crippen LogP contribution in [-0.4, -0.2) is 23.1 Å². The first kappa shape index (κ1) is 13.9. The Labute approximate surface area is 115 Å². The van der Waals surface area contributed by atoms with Crippen LogP contribution in [0.1, 0.15) is 18.3 Å². The molecule has 6 heteroatoms. The highest BCUT2D eigenvalue weighted by Gasteiger charge is 2.06. The molecule has 1 heterocycles. The maximum atomic E-state index is 13.6. The lowest BCUT2D eigenvalue weighted by Crippen LogP contribution is -1.97. The van der Waals surface area contributed by atoms with Crippen LogP contribution in [0.15, 0.2) is 18.2 Å². The van der Waals surface area contributed by atoms with Gasteiger partial charge in [-0.2, -0.15) is 4.37 Å². The van der Waals surface area contributed by atoms with E-state index in [4.69, 9.17) is 4.74 Å². The molecule has 0 aliphatic rings. The van der Waals surface area contributed by atoms with Crippen molar-refractivity contribution >= 4 is 22.4 Å². The fourth-order valence-corrected chi connectivity index (χ4v) is 2.27. The van der Waals surface area contributed by atoms with E-state index in [9.17, 15) is 4.39 Å². The minimum atomic E-state index is -0.198. The molecular weight excluding hydrogens is 265 g/mol. The van der Waals surface area contributed by atoms with E-state index in [-0.39, 0.29) is 5.82 Å². The molecule has 0 bridgehead atoms. The SMILES string of the molecule is CCc1ccc(Nc2nc(CCOC)ns2)cc1F. The second-order valence-corrected chi connectivity index (χ2v) is 4.80. The predicted molar refractivity (Wildman–Crippen MR) is 74.5 cm³/mol. The van der Waals surface area contributed by atoms with Gasteiger partial charge in [0.2, 0.25) is 5.13 Å². The Hall–Kier alpha value is -1.53. The van der Waals surface area contributed by atoms with Crippen molar-refractivity contribution in [2.75, 3.05) is 19.0 Å². The Balaban J connectivity index is 2.04. The summed E-state index contributed by atoms with van der Waals surface area (Å²) in [4.78, 5) is 4.31. The zero-order valence-electron chi connectivity index (χ0n) is 10.9. The van der Waals surface area contributed by atoms with E-state index in [2.05, 4.69) is 14.7 Å². The van der Waals surface area contributed by atoms with Crippen molar-refractivity contribution < 1.29 is 9.13 Å². The van der Waals surface area contributed by atoms with Gasteiger partial charge in [-0.3, -0.25) is 0 Å². The second kappa shape index (κ2) is 6.58. The van der Waals surface area contributed by atoms with Crippen molar-refractivity contribution in [2.24, 2.45) is 0 Å². The molecular formula is C13H16FN3OS. The molecule has 2 aromatic rings. The van der Waals surface area contributed by atoms with Crippen molar-refractivity contribution in [3.63, 3.8) is 0 Å². The number of benzene rings is 1. The average molecular weight is 281 g/mol. The molecule has 0 amide bonds. The van der Waals surface area contributed by atoms with Crippen LogP contribution in [0.4, 0.5) is 15.2 Å². The van der Waals surface area contributed by atoms with Gasteiger partial charge in [-0.05, 0) is 24.1 Å². The molecule has 0 fully saturated rings. The molecule has 0 aliphatic carbocycles. The number of halogens is 1. The van der Waals surface area contributed by atoms with Crippen LogP contribution in [0.3, 0.4) is 0 Å². The van der Waals surface area contributed by atoms with E-state index in [1.54, 1.807) is 13.2 Å². The lowest BCUT2D eigenvalue weighted by atomic mass is 10.1. The van der Waals surface area contributed by atoms with E-state index in [1.807, 2.05) is 13.0 Å². The van der Waals surface area contributed by atoms with Gasteiger partial charge >= 0.3 is 0 Å². The molecule has 0 aliphatic heterocycles. The number of methoxy groups -OCH3 is 1. The Morgan fingerprint density at radius 2 is 2.26 bits per heavy atom. The van der Waals surface area contributed by atoms with Crippen molar-refractivity contribution in [2.45, 2.75) is 19.8 Å². The highest BCUT2D eigenvalue weighted by atomic mass is 32.1. The van der Waals surface area contributed by atoms with E-state index >= 15 is 0 Å². The van der Waals surface area contributed by atoms with Crippen molar-refractivity contribution in [1.82, 2.24) is 9.36 Å². The smallest absolute Gasteiger partial charge is 0.207 e. The van der Waals surface area contributed by atoms with E-state index in [1.165, 1.54) is 17.6 Å². The first-order chi connectivity index (χ1) is 9.22. The number of nitrogens with zero attached hydrogens (tertiary/aromatic N) is 2. The third-order valence-corrected chi connectivity index (χ3v) is 3.35. The van der Waals surface area contributed by atoms with Gasteiger partial charge in [-0.15, -0.1) is 0 Å². The first-order valence-corrected chi connectivity index (χ1v) is 6.87. The quantitative estimate of drug-likeness (QED) is 0.883. The Morgan fingerprint density at radius 3 is 2.95 bits per heavy atom. The Kier molecular flexibility index (Phi) is 4.81. The summed E-state index contributed by atoms with van der Waals surface area (Å²) in [5.41, 5.74) is 1.40. The van der Waals surface area contributed by atoms with Crippen molar-refractivity contribution in [1.29, 1.82) is 0 Å². The number of hydrogen-bond acceptors (Lipinski definition) is 5. The third-order valence-electron chi connectivity index (χ3n) is 2.68. The molecule has 0 saturated carbocycles. The molecule has 4 nitrogen and oxygen atoms in total. The molecule has 0 atom stereocenters. The topological polar surface area (TPSA) is 47.0 Å².